The first-order valence-corrected chi connectivity index (χ1v) is 8.59. The van der Waals surface area contributed by atoms with Crippen LogP contribution in [0.4, 0.5) is 0 Å². The molecular weight excluding hydrogens is 348 g/mol. The molecule has 0 amide bonds. The van der Waals surface area contributed by atoms with Gasteiger partial charge in [0.1, 0.15) is 11.8 Å². The third-order valence-electron chi connectivity index (χ3n) is 3.60. The van der Waals surface area contributed by atoms with Crippen molar-refractivity contribution in [3.63, 3.8) is 0 Å². The summed E-state index contributed by atoms with van der Waals surface area (Å²) < 4.78 is 1.77. The van der Waals surface area contributed by atoms with Crippen LogP contribution in [0.2, 0.25) is 0 Å². The molecule has 8 nitrogen and oxygen atoms in total. The molecule has 1 atom stereocenters. The van der Waals surface area contributed by atoms with Crippen LogP contribution in [0.25, 0.3) is 0 Å². The summed E-state index contributed by atoms with van der Waals surface area (Å²) >= 11 is 0. The van der Waals surface area contributed by atoms with Crippen LogP contribution in [-0.4, -0.2) is 39.6 Å². The third-order valence-corrected chi connectivity index (χ3v) is 3.60. The van der Waals surface area contributed by atoms with E-state index in [1.807, 2.05) is 25.4 Å². The SMILES string of the molecule is Cn1cccc1C=O.NCCCCC(N)C(=O)O.NCc1ccccc1O. The number of carboxylic acids is 1. The highest BCUT2D eigenvalue weighted by Crippen LogP contribution is 2.13. The minimum atomic E-state index is -0.933. The predicted octanol–water partition coefficient (Wildman–Crippen LogP) is 1.22. The molecule has 1 aromatic carbocycles. The number of carboxylic acid groups (broad SMARTS) is 1. The molecule has 0 saturated carbocycles. The molecule has 0 aliphatic carbocycles. The first-order chi connectivity index (χ1) is 12.9. The van der Waals surface area contributed by atoms with Crippen LogP contribution in [0, 0.1) is 0 Å². The predicted molar refractivity (Wildman–Crippen MR) is 105 cm³/mol. The minimum Gasteiger partial charge on any atom is -0.508 e. The number of aromatic nitrogens is 1. The first-order valence-electron chi connectivity index (χ1n) is 8.59. The Morgan fingerprint density at radius 3 is 2.22 bits per heavy atom. The molecule has 0 aliphatic heterocycles. The molecule has 2 rings (SSSR count). The van der Waals surface area contributed by atoms with E-state index in [2.05, 4.69) is 0 Å². The highest BCUT2D eigenvalue weighted by atomic mass is 16.4. The number of nitrogens with two attached hydrogens (primary N) is 3. The van der Waals surface area contributed by atoms with Gasteiger partial charge in [0.15, 0.2) is 6.29 Å². The molecule has 0 aliphatic rings. The highest BCUT2D eigenvalue weighted by Gasteiger charge is 2.09. The fraction of sp³-hybridized carbons (Fsp3) is 0.368. The Morgan fingerprint density at radius 2 is 1.85 bits per heavy atom. The third kappa shape index (κ3) is 10.8. The maximum absolute atomic E-state index is 10.1. The summed E-state index contributed by atoms with van der Waals surface area (Å²) in [6.45, 7) is 0.999. The van der Waals surface area contributed by atoms with E-state index < -0.39 is 12.0 Å². The van der Waals surface area contributed by atoms with Crippen molar-refractivity contribution >= 4 is 12.3 Å². The number of hydrogen-bond donors (Lipinski definition) is 5. The van der Waals surface area contributed by atoms with Crippen LogP contribution in [-0.2, 0) is 18.4 Å². The number of carbonyl (C=O) groups is 2. The zero-order chi connectivity index (χ0) is 20.7. The van der Waals surface area contributed by atoms with Gasteiger partial charge in [0.05, 0.1) is 5.69 Å². The van der Waals surface area contributed by atoms with Crippen molar-refractivity contribution in [3.8, 4) is 5.75 Å². The lowest BCUT2D eigenvalue weighted by Crippen LogP contribution is -2.29. The van der Waals surface area contributed by atoms with Crippen molar-refractivity contribution < 1.29 is 19.8 Å². The number of para-hydroxylation sites is 1. The Balaban J connectivity index is 0.000000377. The molecule has 2 aromatic rings. The zero-order valence-electron chi connectivity index (χ0n) is 15.6. The van der Waals surface area contributed by atoms with E-state index in [0.29, 0.717) is 25.2 Å². The average Bonchev–Trinajstić information content (AvgIpc) is 3.08. The fourth-order valence-corrected chi connectivity index (χ4v) is 1.91. The second-order valence-corrected chi connectivity index (χ2v) is 5.72. The molecule has 27 heavy (non-hydrogen) atoms. The molecule has 1 heterocycles. The van der Waals surface area contributed by atoms with E-state index in [1.165, 1.54) is 0 Å². The number of phenolic OH excluding ortho intramolecular Hbond substituents is 1. The van der Waals surface area contributed by atoms with Gasteiger partial charge in [0.2, 0.25) is 0 Å². The van der Waals surface area contributed by atoms with Gasteiger partial charge in [-0.05, 0) is 37.6 Å². The molecule has 8 heteroatoms. The maximum Gasteiger partial charge on any atom is 0.320 e. The number of unbranched alkanes of at least 4 members (excludes halogenated alkanes) is 1. The lowest BCUT2D eigenvalue weighted by Gasteiger charge is -2.03. The summed E-state index contributed by atoms with van der Waals surface area (Å²) in [6.07, 6.45) is 4.83. The molecule has 150 valence electrons. The Morgan fingerprint density at radius 1 is 1.19 bits per heavy atom. The monoisotopic (exact) mass is 378 g/mol. The van der Waals surface area contributed by atoms with Crippen molar-refractivity contribution in [2.24, 2.45) is 24.2 Å². The number of aldehydes is 1. The maximum atomic E-state index is 10.1. The Hall–Kier alpha value is -2.68. The van der Waals surface area contributed by atoms with Gasteiger partial charge in [-0.2, -0.15) is 0 Å². The number of aromatic hydroxyl groups is 1. The molecule has 0 fully saturated rings. The quantitative estimate of drug-likeness (QED) is 0.358. The van der Waals surface area contributed by atoms with E-state index >= 15 is 0 Å². The Labute approximate surface area is 159 Å². The van der Waals surface area contributed by atoms with Gasteiger partial charge in [-0.25, -0.2) is 0 Å². The first kappa shape index (κ1) is 24.3. The van der Waals surface area contributed by atoms with Crippen molar-refractivity contribution in [2.75, 3.05) is 6.54 Å². The van der Waals surface area contributed by atoms with Crippen molar-refractivity contribution in [3.05, 3.63) is 53.9 Å². The van der Waals surface area contributed by atoms with Crippen molar-refractivity contribution in [1.82, 2.24) is 4.57 Å². The van der Waals surface area contributed by atoms with Gasteiger partial charge in [-0.15, -0.1) is 0 Å². The van der Waals surface area contributed by atoms with Gasteiger partial charge in [-0.1, -0.05) is 24.6 Å². The second kappa shape index (κ2) is 14.5. The number of aliphatic carboxylic acids is 1. The number of rotatable bonds is 7. The number of nitrogens with zero attached hydrogens (tertiary/aromatic N) is 1. The standard InChI is InChI=1S/C7H9NO.C6H14N2O2.C6H7NO/c8-5-6-3-1-2-4-7(6)9;7-4-2-1-3-5(8)6(9)10;1-7-4-2-3-6(7)5-8/h1-4,9H,5,8H2;5H,1-4,7-8H2,(H,9,10);2-5H,1H3. The molecule has 1 unspecified atom stereocenters. The Bertz CT molecular complexity index is 673. The van der Waals surface area contributed by atoms with Gasteiger partial charge in [-0.3, -0.25) is 9.59 Å². The van der Waals surface area contributed by atoms with E-state index in [4.69, 9.17) is 27.4 Å². The van der Waals surface area contributed by atoms with E-state index in [1.54, 1.807) is 28.8 Å². The molecule has 0 radical (unpaired) electrons. The minimum absolute atomic E-state index is 0.278. The summed E-state index contributed by atoms with van der Waals surface area (Å²) in [4.78, 5) is 20.2. The lowest BCUT2D eigenvalue weighted by atomic mass is 10.1. The summed E-state index contributed by atoms with van der Waals surface area (Å²) in [6, 6.07) is 9.94. The van der Waals surface area contributed by atoms with Crippen molar-refractivity contribution in [1.29, 1.82) is 0 Å². The van der Waals surface area contributed by atoms with E-state index in [-0.39, 0.29) is 5.75 Å². The summed E-state index contributed by atoms with van der Waals surface area (Å²) in [5, 5.41) is 17.4. The van der Waals surface area contributed by atoms with Crippen molar-refractivity contribution in [2.45, 2.75) is 31.8 Å². The molecule has 0 spiro atoms. The van der Waals surface area contributed by atoms with E-state index in [0.717, 1.165) is 24.7 Å². The summed E-state index contributed by atoms with van der Waals surface area (Å²) in [5.41, 5.74) is 17.2. The molecule has 0 saturated heterocycles. The fourth-order valence-electron chi connectivity index (χ4n) is 1.91. The van der Waals surface area contributed by atoms with Gasteiger partial charge >= 0.3 is 5.97 Å². The molecule has 0 bridgehead atoms. The van der Waals surface area contributed by atoms with Crippen LogP contribution in [0.15, 0.2) is 42.6 Å². The van der Waals surface area contributed by atoms with Gasteiger partial charge in [0.25, 0.3) is 0 Å². The van der Waals surface area contributed by atoms with Crippen LogP contribution in [0.3, 0.4) is 0 Å². The number of aryl methyl sites for hydroxylation is 1. The normalized spacial score (nSPS) is 10.7. The smallest absolute Gasteiger partial charge is 0.320 e. The van der Waals surface area contributed by atoms with E-state index in [9.17, 15) is 9.59 Å². The molecule has 8 N–H and O–H groups in total. The summed E-state index contributed by atoms with van der Waals surface area (Å²) in [5.74, 6) is -0.656. The second-order valence-electron chi connectivity index (χ2n) is 5.72. The zero-order valence-corrected chi connectivity index (χ0v) is 15.6. The number of benzene rings is 1. The largest absolute Gasteiger partial charge is 0.508 e. The van der Waals surface area contributed by atoms with Crippen LogP contribution >= 0.6 is 0 Å². The van der Waals surface area contributed by atoms with Gasteiger partial charge < -0.3 is 32.0 Å². The topological polar surface area (TPSA) is 158 Å². The molecule has 1 aromatic heterocycles. The number of phenols is 1. The number of carbonyl (C=O) groups excluding carboxylic acids is 1. The summed E-state index contributed by atoms with van der Waals surface area (Å²) in [7, 11) is 1.84. The molecular formula is C19H30N4O4. The van der Waals surface area contributed by atoms with Crippen LogP contribution in [0.5, 0.6) is 5.75 Å². The Kier molecular flexibility index (Phi) is 13.0. The lowest BCUT2D eigenvalue weighted by molar-refractivity contribution is -0.138. The van der Waals surface area contributed by atoms with Crippen LogP contribution in [0.1, 0.15) is 35.3 Å². The van der Waals surface area contributed by atoms with Gasteiger partial charge in [0, 0.05) is 25.4 Å². The average molecular weight is 378 g/mol. The van der Waals surface area contributed by atoms with Crippen LogP contribution < -0.4 is 17.2 Å². The number of hydrogen-bond acceptors (Lipinski definition) is 6. The highest BCUT2D eigenvalue weighted by molar-refractivity contribution is 5.73.